The Morgan fingerprint density at radius 2 is 1.85 bits per heavy atom. The van der Waals surface area contributed by atoms with Crippen molar-refractivity contribution in [3.05, 3.63) is 47.8 Å². The van der Waals surface area contributed by atoms with E-state index in [-0.39, 0.29) is 29.7 Å². The van der Waals surface area contributed by atoms with E-state index in [0.29, 0.717) is 13.1 Å². The van der Waals surface area contributed by atoms with Crippen LogP contribution >= 0.6 is 0 Å². The van der Waals surface area contributed by atoms with Crippen LogP contribution in [0.3, 0.4) is 0 Å². The van der Waals surface area contributed by atoms with Gasteiger partial charge in [0.15, 0.2) is 0 Å². The number of carbonyl (C=O) groups is 2. The van der Waals surface area contributed by atoms with Crippen LogP contribution in [0, 0.1) is 11.8 Å². The van der Waals surface area contributed by atoms with Gasteiger partial charge in [-0.1, -0.05) is 68.7 Å². The maximum atomic E-state index is 13.8. The topological polar surface area (TPSA) is 80.1 Å². The van der Waals surface area contributed by atoms with E-state index in [1.807, 2.05) is 47.8 Å². The molecule has 4 rings (SSSR count). The fraction of sp³-hybridized carbons (Fsp3) is 0.615. The van der Waals surface area contributed by atoms with Gasteiger partial charge in [-0.15, -0.1) is 5.10 Å². The van der Waals surface area contributed by atoms with Gasteiger partial charge >= 0.3 is 0 Å². The predicted molar refractivity (Wildman–Crippen MR) is 127 cm³/mol. The number of nitrogens with zero attached hydrogens (tertiary/aromatic N) is 4. The summed E-state index contributed by atoms with van der Waals surface area (Å²) in [6.45, 7) is 5.31. The Bertz CT molecular complexity index is 922. The Morgan fingerprint density at radius 3 is 2.58 bits per heavy atom. The second-order valence-corrected chi connectivity index (χ2v) is 9.71. The molecule has 1 N–H and O–H groups in total. The van der Waals surface area contributed by atoms with Gasteiger partial charge in [0, 0.05) is 12.5 Å². The Balaban J connectivity index is 1.50. The molecule has 0 radical (unpaired) electrons. The van der Waals surface area contributed by atoms with E-state index < -0.39 is 6.04 Å². The molecule has 33 heavy (non-hydrogen) atoms. The number of benzene rings is 1. The van der Waals surface area contributed by atoms with Crippen molar-refractivity contribution in [2.45, 2.75) is 83.8 Å². The molecule has 1 aliphatic carbocycles. The number of hydrogen-bond donors (Lipinski definition) is 1. The maximum Gasteiger partial charge on any atom is 0.246 e. The van der Waals surface area contributed by atoms with Crippen molar-refractivity contribution < 1.29 is 9.59 Å². The van der Waals surface area contributed by atoms with Crippen molar-refractivity contribution in [3.8, 4) is 0 Å². The third kappa shape index (κ3) is 5.63. The van der Waals surface area contributed by atoms with Crippen molar-refractivity contribution in [1.29, 1.82) is 0 Å². The molecule has 2 aliphatic rings. The molecule has 1 saturated heterocycles. The smallest absolute Gasteiger partial charge is 0.246 e. The molecule has 178 valence electrons. The van der Waals surface area contributed by atoms with Crippen molar-refractivity contribution >= 4 is 11.8 Å². The van der Waals surface area contributed by atoms with Gasteiger partial charge in [-0.2, -0.15) is 0 Å². The fourth-order valence-electron chi connectivity index (χ4n) is 5.16. The van der Waals surface area contributed by atoms with Gasteiger partial charge in [0.25, 0.3) is 0 Å². The van der Waals surface area contributed by atoms with Gasteiger partial charge in [-0.25, -0.2) is 4.68 Å². The summed E-state index contributed by atoms with van der Waals surface area (Å²) >= 11 is 0. The number of aromatic nitrogens is 3. The average molecular weight is 452 g/mol. The first-order valence-corrected chi connectivity index (χ1v) is 12.6. The Kier molecular flexibility index (Phi) is 7.78. The zero-order chi connectivity index (χ0) is 23.2. The molecule has 2 heterocycles. The van der Waals surface area contributed by atoms with Crippen LogP contribution in [-0.4, -0.2) is 44.3 Å². The van der Waals surface area contributed by atoms with Gasteiger partial charge in [-0.05, 0) is 43.6 Å². The third-order valence-corrected chi connectivity index (χ3v) is 7.37. The SMILES string of the molecule is CC[C@@H](C)C(=O)N[C@H](C(=O)N1CCC[C@H]1c1cn(Cc2ccccc2)nn1)C1CCCCC1. The predicted octanol–water partition coefficient (Wildman–Crippen LogP) is 4.10. The van der Waals surface area contributed by atoms with Crippen LogP contribution in [0.1, 0.15) is 82.5 Å². The lowest BCUT2D eigenvalue weighted by molar-refractivity contribution is -0.140. The van der Waals surface area contributed by atoms with Crippen LogP contribution in [-0.2, 0) is 16.1 Å². The Labute approximate surface area is 196 Å². The van der Waals surface area contributed by atoms with Crippen LogP contribution in [0.25, 0.3) is 0 Å². The quantitative estimate of drug-likeness (QED) is 0.655. The fourth-order valence-corrected chi connectivity index (χ4v) is 5.16. The number of nitrogens with one attached hydrogen (secondary N) is 1. The number of likely N-dealkylation sites (tertiary alicyclic amines) is 1. The van der Waals surface area contributed by atoms with Crippen LogP contribution in [0.15, 0.2) is 36.5 Å². The van der Waals surface area contributed by atoms with Crippen molar-refractivity contribution in [2.75, 3.05) is 6.54 Å². The summed E-state index contributed by atoms with van der Waals surface area (Å²) in [7, 11) is 0. The zero-order valence-electron chi connectivity index (χ0n) is 19.9. The minimum absolute atomic E-state index is 0.00836. The number of amides is 2. The lowest BCUT2D eigenvalue weighted by Gasteiger charge is -2.35. The molecule has 0 unspecified atom stereocenters. The minimum atomic E-state index is -0.438. The van der Waals surface area contributed by atoms with E-state index >= 15 is 0 Å². The molecule has 3 atom stereocenters. The monoisotopic (exact) mass is 451 g/mol. The van der Waals surface area contributed by atoms with Crippen LogP contribution in [0.5, 0.6) is 0 Å². The van der Waals surface area contributed by atoms with E-state index in [9.17, 15) is 9.59 Å². The van der Waals surface area contributed by atoms with Crippen LogP contribution < -0.4 is 5.32 Å². The average Bonchev–Trinajstić information content (AvgIpc) is 3.52. The molecule has 1 aromatic carbocycles. The largest absolute Gasteiger partial charge is 0.344 e. The summed E-state index contributed by atoms with van der Waals surface area (Å²) in [4.78, 5) is 28.5. The first-order chi connectivity index (χ1) is 16.1. The van der Waals surface area contributed by atoms with Gasteiger partial charge in [0.2, 0.25) is 11.8 Å². The molecular weight excluding hydrogens is 414 g/mol. The van der Waals surface area contributed by atoms with Gasteiger partial charge in [0.05, 0.1) is 18.8 Å². The van der Waals surface area contributed by atoms with Crippen molar-refractivity contribution in [1.82, 2.24) is 25.2 Å². The Morgan fingerprint density at radius 1 is 1.09 bits per heavy atom. The first kappa shape index (κ1) is 23.5. The minimum Gasteiger partial charge on any atom is -0.344 e. The van der Waals surface area contributed by atoms with Gasteiger partial charge < -0.3 is 10.2 Å². The maximum absolute atomic E-state index is 13.8. The molecule has 1 aromatic heterocycles. The highest BCUT2D eigenvalue weighted by Gasteiger charge is 2.39. The molecule has 2 amide bonds. The third-order valence-electron chi connectivity index (χ3n) is 7.37. The van der Waals surface area contributed by atoms with E-state index in [0.717, 1.165) is 50.6 Å². The molecule has 0 bridgehead atoms. The zero-order valence-corrected chi connectivity index (χ0v) is 19.9. The summed E-state index contributed by atoms with van der Waals surface area (Å²) in [5, 5.41) is 11.9. The molecular formula is C26H37N5O2. The lowest BCUT2D eigenvalue weighted by Crippen LogP contribution is -2.53. The summed E-state index contributed by atoms with van der Waals surface area (Å²) in [6.07, 6.45) is 10.0. The highest BCUT2D eigenvalue weighted by atomic mass is 16.2. The van der Waals surface area contributed by atoms with E-state index in [1.165, 1.54) is 12.0 Å². The Hall–Kier alpha value is -2.70. The highest BCUT2D eigenvalue weighted by molar-refractivity contribution is 5.89. The van der Waals surface area contributed by atoms with Crippen molar-refractivity contribution in [3.63, 3.8) is 0 Å². The van der Waals surface area contributed by atoms with E-state index in [4.69, 9.17) is 0 Å². The van der Waals surface area contributed by atoms with Gasteiger partial charge in [-0.3, -0.25) is 9.59 Å². The van der Waals surface area contributed by atoms with Crippen molar-refractivity contribution in [2.24, 2.45) is 11.8 Å². The standard InChI is InChI=1S/C26H37N5O2/c1-3-19(2)25(32)27-24(21-13-8-5-9-14-21)26(33)31-16-10-15-23(31)22-18-30(29-28-22)17-20-11-6-4-7-12-20/h4,6-7,11-12,18-19,21,23-24H,3,5,8-10,13-17H2,1-2H3,(H,27,32)/t19-,23+,24+/m1/s1. The number of hydrogen-bond acceptors (Lipinski definition) is 4. The van der Waals surface area contributed by atoms with Crippen LogP contribution in [0.4, 0.5) is 0 Å². The van der Waals surface area contributed by atoms with E-state index in [2.05, 4.69) is 27.8 Å². The molecule has 1 saturated carbocycles. The molecule has 2 fully saturated rings. The number of carbonyl (C=O) groups excluding carboxylic acids is 2. The highest BCUT2D eigenvalue weighted by Crippen LogP contribution is 2.34. The summed E-state index contributed by atoms with van der Waals surface area (Å²) in [6, 6.07) is 9.66. The van der Waals surface area contributed by atoms with Gasteiger partial charge in [0.1, 0.15) is 11.7 Å². The summed E-state index contributed by atoms with van der Waals surface area (Å²) < 4.78 is 1.84. The second-order valence-electron chi connectivity index (χ2n) is 9.71. The second kappa shape index (κ2) is 10.9. The van der Waals surface area contributed by atoms with E-state index in [1.54, 1.807) is 0 Å². The number of rotatable bonds is 8. The lowest BCUT2D eigenvalue weighted by atomic mass is 9.83. The molecule has 0 spiro atoms. The van der Waals surface area contributed by atoms with Crippen LogP contribution in [0.2, 0.25) is 0 Å². The molecule has 1 aliphatic heterocycles. The molecule has 2 aromatic rings. The molecule has 7 heteroatoms. The first-order valence-electron chi connectivity index (χ1n) is 12.6. The normalized spacial score (nSPS) is 21.0. The molecule has 7 nitrogen and oxygen atoms in total. The summed E-state index contributed by atoms with van der Waals surface area (Å²) in [5.41, 5.74) is 2.01. The summed E-state index contributed by atoms with van der Waals surface area (Å²) in [5.74, 6) is 0.176.